The molecule has 4 heteroatoms. The highest BCUT2D eigenvalue weighted by atomic mass is 79.9. The summed E-state index contributed by atoms with van der Waals surface area (Å²) >= 11 is 3.39. The molecular formula is C17H13BrO3. The molecule has 0 saturated carbocycles. The van der Waals surface area contributed by atoms with Gasteiger partial charge in [0.1, 0.15) is 12.4 Å². The van der Waals surface area contributed by atoms with E-state index in [1.54, 1.807) is 0 Å². The molecule has 1 heterocycles. The predicted octanol–water partition coefficient (Wildman–Crippen LogP) is 4.10. The van der Waals surface area contributed by atoms with Gasteiger partial charge in [-0.1, -0.05) is 58.4 Å². The molecule has 0 spiro atoms. The van der Waals surface area contributed by atoms with E-state index in [-0.39, 0.29) is 5.97 Å². The average molecular weight is 345 g/mol. The molecule has 0 aliphatic carbocycles. The number of ether oxygens (including phenoxy) is 2. The summed E-state index contributed by atoms with van der Waals surface area (Å²) < 4.78 is 12.2. The fraction of sp³-hybridized carbons (Fsp3) is 0.118. The monoisotopic (exact) mass is 344 g/mol. The number of hydrogen-bond acceptors (Lipinski definition) is 3. The number of carbonyl (C=O) groups excluding carboxylic acids is 1. The van der Waals surface area contributed by atoms with Crippen LogP contribution >= 0.6 is 15.9 Å². The molecule has 21 heavy (non-hydrogen) atoms. The Bertz CT molecular complexity index is 662. The lowest BCUT2D eigenvalue weighted by Crippen LogP contribution is -2.11. The zero-order chi connectivity index (χ0) is 14.7. The molecule has 1 aliphatic rings. The minimum atomic E-state index is -0.400. The van der Waals surface area contributed by atoms with Crippen molar-refractivity contribution in [2.75, 3.05) is 6.61 Å². The second kappa shape index (κ2) is 6.14. The summed E-state index contributed by atoms with van der Waals surface area (Å²) in [5.41, 5.74) is 1.78. The molecule has 1 unspecified atom stereocenters. The van der Waals surface area contributed by atoms with Crippen molar-refractivity contribution in [2.24, 2.45) is 0 Å². The molecule has 0 fully saturated rings. The van der Waals surface area contributed by atoms with Gasteiger partial charge in [-0.3, -0.25) is 0 Å². The highest BCUT2D eigenvalue weighted by molar-refractivity contribution is 9.10. The number of halogens is 1. The second-order valence-corrected chi connectivity index (χ2v) is 5.58. The molecule has 0 aromatic heterocycles. The third-order valence-corrected chi connectivity index (χ3v) is 3.73. The van der Waals surface area contributed by atoms with Gasteiger partial charge in [-0.2, -0.15) is 0 Å². The predicted molar refractivity (Wildman–Crippen MR) is 83.3 cm³/mol. The molecule has 0 radical (unpaired) electrons. The number of carbonyl (C=O) groups is 1. The summed E-state index contributed by atoms with van der Waals surface area (Å²) in [7, 11) is 0. The van der Waals surface area contributed by atoms with Crippen LogP contribution in [0, 0.1) is 0 Å². The third-order valence-electron chi connectivity index (χ3n) is 3.20. The molecule has 2 aromatic carbocycles. The van der Waals surface area contributed by atoms with Crippen molar-refractivity contribution in [3.8, 4) is 0 Å². The molecule has 0 N–H and O–H groups in total. The molecule has 3 nitrogen and oxygen atoms in total. The normalized spacial score (nSPS) is 18.2. The SMILES string of the molecule is O=C1C=C(c2ccccc2)OCC(c2ccc(Br)cc2)O1. The Kier molecular flexibility index (Phi) is 4.06. The summed E-state index contributed by atoms with van der Waals surface area (Å²) in [5, 5.41) is 0. The lowest BCUT2D eigenvalue weighted by atomic mass is 10.1. The summed E-state index contributed by atoms with van der Waals surface area (Å²) in [6.45, 7) is 0.300. The molecule has 0 saturated heterocycles. The van der Waals surface area contributed by atoms with E-state index in [2.05, 4.69) is 15.9 Å². The summed E-state index contributed by atoms with van der Waals surface area (Å²) in [6.07, 6.45) is 0.997. The topological polar surface area (TPSA) is 35.5 Å². The van der Waals surface area contributed by atoms with Crippen LogP contribution in [0.1, 0.15) is 17.2 Å². The van der Waals surface area contributed by atoms with Crippen LogP contribution < -0.4 is 0 Å². The Hall–Kier alpha value is -2.07. The van der Waals surface area contributed by atoms with Crippen LogP contribution in [0.4, 0.5) is 0 Å². The van der Waals surface area contributed by atoms with Gasteiger partial charge in [0.05, 0.1) is 6.08 Å². The molecule has 0 amide bonds. The Morgan fingerprint density at radius 2 is 1.71 bits per heavy atom. The van der Waals surface area contributed by atoms with Gasteiger partial charge in [-0.15, -0.1) is 0 Å². The molecule has 2 aromatic rings. The number of esters is 1. The van der Waals surface area contributed by atoms with E-state index >= 15 is 0 Å². The Morgan fingerprint density at radius 1 is 1.00 bits per heavy atom. The minimum Gasteiger partial charge on any atom is -0.488 e. The maximum Gasteiger partial charge on any atom is 0.335 e. The largest absolute Gasteiger partial charge is 0.488 e. The van der Waals surface area contributed by atoms with Gasteiger partial charge in [0.15, 0.2) is 6.10 Å². The molecule has 106 valence electrons. The van der Waals surface area contributed by atoms with Gasteiger partial charge in [0, 0.05) is 10.0 Å². The summed E-state index contributed by atoms with van der Waals surface area (Å²) in [5.74, 6) is 0.152. The first kappa shape index (κ1) is 13.9. The quantitative estimate of drug-likeness (QED) is 0.769. The van der Waals surface area contributed by atoms with Crippen molar-refractivity contribution in [1.29, 1.82) is 0 Å². The summed E-state index contributed by atoms with van der Waals surface area (Å²) in [6, 6.07) is 17.2. The number of benzene rings is 2. The van der Waals surface area contributed by atoms with E-state index in [1.165, 1.54) is 6.08 Å². The molecule has 1 atom stereocenters. The Morgan fingerprint density at radius 3 is 2.43 bits per heavy atom. The second-order valence-electron chi connectivity index (χ2n) is 4.66. The zero-order valence-corrected chi connectivity index (χ0v) is 12.7. The minimum absolute atomic E-state index is 0.300. The smallest absolute Gasteiger partial charge is 0.335 e. The number of cyclic esters (lactones) is 1. The fourth-order valence-corrected chi connectivity index (χ4v) is 2.40. The van der Waals surface area contributed by atoms with Gasteiger partial charge in [-0.25, -0.2) is 4.79 Å². The Balaban J connectivity index is 1.81. The van der Waals surface area contributed by atoms with Gasteiger partial charge < -0.3 is 9.47 Å². The van der Waals surface area contributed by atoms with Crippen molar-refractivity contribution >= 4 is 27.7 Å². The van der Waals surface area contributed by atoms with Gasteiger partial charge in [-0.05, 0) is 17.7 Å². The number of hydrogen-bond donors (Lipinski definition) is 0. The standard InChI is InChI=1S/C17H13BrO3/c18-14-8-6-13(7-9-14)16-11-20-15(10-17(19)21-16)12-4-2-1-3-5-12/h1-10,16H,11H2. The maximum absolute atomic E-state index is 11.9. The van der Waals surface area contributed by atoms with E-state index in [4.69, 9.17) is 9.47 Å². The first-order valence-electron chi connectivity index (χ1n) is 6.58. The highest BCUT2D eigenvalue weighted by Gasteiger charge is 2.22. The molecular weight excluding hydrogens is 332 g/mol. The van der Waals surface area contributed by atoms with Gasteiger partial charge >= 0.3 is 5.97 Å². The van der Waals surface area contributed by atoms with Crippen molar-refractivity contribution in [3.05, 3.63) is 76.3 Å². The van der Waals surface area contributed by atoms with Crippen LogP contribution in [0.2, 0.25) is 0 Å². The van der Waals surface area contributed by atoms with Crippen LogP contribution in [-0.4, -0.2) is 12.6 Å². The van der Waals surface area contributed by atoms with Crippen LogP contribution in [0.5, 0.6) is 0 Å². The van der Waals surface area contributed by atoms with E-state index in [0.717, 1.165) is 15.6 Å². The molecule has 1 aliphatic heterocycles. The van der Waals surface area contributed by atoms with Crippen LogP contribution in [0.3, 0.4) is 0 Å². The van der Waals surface area contributed by atoms with Crippen LogP contribution in [0.25, 0.3) is 5.76 Å². The maximum atomic E-state index is 11.9. The van der Waals surface area contributed by atoms with Crippen molar-refractivity contribution in [2.45, 2.75) is 6.10 Å². The van der Waals surface area contributed by atoms with Crippen LogP contribution in [-0.2, 0) is 14.3 Å². The van der Waals surface area contributed by atoms with E-state index < -0.39 is 6.10 Å². The van der Waals surface area contributed by atoms with Gasteiger partial charge in [0.25, 0.3) is 0 Å². The van der Waals surface area contributed by atoms with E-state index in [0.29, 0.717) is 12.4 Å². The lowest BCUT2D eigenvalue weighted by molar-refractivity contribution is -0.144. The Labute approximate surface area is 131 Å². The van der Waals surface area contributed by atoms with Gasteiger partial charge in [0.2, 0.25) is 0 Å². The third kappa shape index (κ3) is 3.34. The fourth-order valence-electron chi connectivity index (χ4n) is 2.13. The average Bonchev–Trinajstić information content (AvgIpc) is 2.71. The lowest BCUT2D eigenvalue weighted by Gasteiger charge is -2.16. The first-order valence-corrected chi connectivity index (χ1v) is 7.38. The zero-order valence-electron chi connectivity index (χ0n) is 11.2. The number of rotatable bonds is 2. The highest BCUT2D eigenvalue weighted by Crippen LogP contribution is 2.27. The molecule has 3 rings (SSSR count). The van der Waals surface area contributed by atoms with E-state index in [9.17, 15) is 4.79 Å². The van der Waals surface area contributed by atoms with Crippen LogP contribution in [0.15, 0.2) is 65.1 Å². The van der Waals surface area contributed by atoms with Crippen molar-refractivity contribution < 1.29 is 14.3 Å². The van der Waals surface area contributed by atoms with E-state index in [1.807, 2.05) is 54.6 Å². The van der Waals surface area contributed by atoms with Crippen molar-refractivity contribution in [3.63, 3.8) is 0 Å². The summed E-state index contributed by atoms with van der Waals surface area (Å²) in [4.78, 5) is 11.9. The van der Waals surface area contributed by atoms with Crippen molar-refractivity contribution in [1.82, 2.24) is 0 Å². The first-order chi connectivity index (χ1) is 10.2. The molecule has 0 bridgehead atoms.